The summed E-state index contributed by atoms with van der Waals surface area (Å²) in [6.07, 6.45) is 3.68. The summed E-state index contributed by atoms with van der Waals surface area (Å²) in [6, 6.07) is 7.93. The molecular formula is C29H46N4O4. The van der Waals surface area contributed by atoms with Gasteiger partial charge in [-0.3, -0.25) is 19.4 Å². The minimum Gasteiger partial charge on any atom is -0.393 e. The number of aliphatic hydroxyl groups excluding tert-OH is 2. The highest BCUT2D eigenvalue weighted by atomic mass is 16.3. The van der Waals surface area contributed by atoms with Gasteiger partial charge in [0, 0.05) is 45.8 Å². The van der Waals surface area contributed by atoms with Gasteiger partial charge in [-0.25, -0.2) is 0 Å². The molecule has 1 aromatic carbocycles. The highest BCUT2D eigenvalue weighted by molar-refractivity contribution is 6.00. The van der Waals surface area contributed by atoms with Crippen LogP contribution < -0.4 is 5.32 Å². The molecule has 3 aliphatic rings. The van der Waals surface area contributed by atoms with Gasteiger partial charge in [-0.1, -0.05) is 51.5 Å². The summed E-state index contributed by atoms with van der Waals surface area (Å²) in [5, 5.41) is 23.2. The molecular weight excluding hydrogens is 468 g/mol. The van der Waals surface area contributed by atoms with Crippen molar-refractivity contribution in [3.63, 3.8) is 0 Å². The van der Waals surface area contributed by atoms with E-state index in [2.05, 4.69) is 46.3 Å². The SMILES string of the molecule is CCCCN1C(=O)C(C(O)C(C)C)NC(=O)C12CCN(Cc1ccc(CN3CCC(O)CC3)cc1)CC2. The Morgan fingerprint density at radius 3 is 2.03 bits per heavy atom. The fraction of sp³-hybridized carbons (Fsp3) is 0.724. The molecule has 4 rings (SSSR count). The molecule has 3 fully saturated rings. The van der Waals surface area contributed by atoms with Crippen molar-refractivity contribution in [2.45, 2.75) is 96.2 Å². The number of piperidine rings is 2. The molecule has 1 aromatic rings. The minimum atomic E-state index is -0.887. The summed E-state index contributed by atoms with van der Waals surface area (Å²) in [4.78, 5) is 33.5. The summed E-state index contributed by atoms with van der Waals surface area (Å²) in [5.41, 5.74) is 1.72. The van der Waals surface area contributed by atoms with Gasteiger partial charge in [0.1, 0.15) is 11.6 Å². The normalized spacial score (nSPS) is 24.6. The third kappa shape index (κ3) is 6.36. The fourth-order valence-corrected chi connectivity index (χ4v) is 6.02. The summed E-state index contributed by atoms with van der Waals surface area (Å²) < 4.78 is 0. The Bertz CT molecular complexity index is 905. The zero-order chi connectivity index (χ0) is 26.6. The second-order valence-electron chi connectivity index (χ2n) is 11.7. The van der Waals surface area contributed by atoms with E-state index in [-0.39, 0.29) is 23.8 Å². The van der Waals surface area contributed by atoms with Gasteiger partial charge < -0.3 is 20.4 Å². The number of likely N-dealkylation sites (tertiary alicyclic amines) is 2. The van der Waals surface area contributed by atoms with Gasteiger partial charge in [-0.05, 0) is 49.1 Å². The lowest BCUT2D eigenvalue weighted by Gasteiger charge is -2.52. The van der Waals surface area contributed by atoms with E-state index in [4.69, 9.17) is 0 Å². The molecule has 8 heteroatoms. The van der Waals surface area contributed by atoms with Gasteiger partial charge in [-0.15, -0.1) is 0 Å². The van der Waals surface area contributed by atoms with Gasteiger partial charge in [-0.2, -0.15) is 0 Å². The number of carbonyl (C=O) groups excluding carboxylic acids is 2. The number of carbonyl (C=O) groups is 2. The van der Waals surface area contributed by atoms with Crippen LogP contribution in [0.2, 0.25) is 0 Å². The van der Waals surface area contributed by atoms with Crippen LogP contribution in [0.5, 0.6) is 0 Å². The smallest absolute Gasteiger partial charge is 0.248 e. The molecule has 8 nitrogen and oxygen atoms in total. The molecule has 2 amide bonds. The molecule has 3 aliphatic heterocycles. The van der Waals surface area contributed by atoms with Crippen molar-refractivity contribution in [2.24, 2.45) is 5.92 Å². The lowest BCUT2D eigenvalue weighted by molar-refractivity contribution is -0.165. The predicted octanol–water partition coefficient (Wildman–Crippen LogP) is 2.12. The first-order chi connectivity index (χ1) is 17.7. The third-order valence-corrected chi connectivity index (χ3v) is 8.59. The van der Waals surface area contributed by atoms with Crippen LogP contribution in [-0.4, -0.2) is 93.2 Å². The highest BCUT2D eigenvalue weighted by Crippen LogP contribution is 2.35. The van der Waals surface area contributed by atoms with Gasteiger partial charge in [0.2, 0.25) is 11.8 Å². The Morgan fingerprint density at radius 1 is 0.973 bits per heavy atom. The van der Waals surface area contributed by atoms with Gasteiger partial charge in [0.15, 0.2) is 0 Å². The summed E-state index contributed by atoms with van der Waals surface area (Å²) in [7, 11) is 0. The maximum Gasteiger partial charge on any atom is 0.248 e. The highest BCUT2D eigenvalue weighted by Gasteiger charge is 2.54. The monoisotopic (exact) mass is 514 g/mol. The number of benzene rings is 1. The number of nitrogens with zero attached hydrogens (tertiary/aromatic N) is 3. The van der Waals surface area contributed by atoms with Crippen molar-refractivity contribution in [3.05, 3.63) is 35.4 Å². The second-order valence-corrected chi connectivity index (χ2v) is 11.7. The molecule has 3 heterocycles. The first kappa shape index (κ1) is 28.0. The molecule has 0 aliphatic carbocycles. The van der Waals surface area contributed by atoms with Crippen LogP contribution in [-0.2, 0) is 22.7 Å². The fourth-order valence-electron chi connectivity index (χ4n) is 6.02. The van der Waals surface area contributed by atoms with Gasteiger partial charge in [0.25, 0.3) is 0 Å². The van der Waals surface area contributed by atoms with Crippen LogP contribution in [0, 0.1) is 5.92 Å². The lowest BCUT2D eigenvalue weighted by atomic mass is 9.80. The van der Waals surface area contributed by atoms with E-state index in [0.29, 0.717) is 19.4 Å². The van der Waals surface area contributed by atoms with Crippen LogP contribution >= 0.6 is 0 Å². The van der Waals surface area contributed by atoms with Crippen LogP contribution in [0.3, 0.4) is 0 Å². The van der Waals surface area contributed by atoms with Crippen molar-refractivity contribution < 1.29 is 19.8 Å². The van der Waals surface area contributed by atoms with E-state index in [1.807, 2.05) is 13.8 Å². The maximum atomic E-state index is 13.5. The largest absolute Gasteiger partial charge is 0.393 e. The minimum absolute atomic E-state index is 0.109. The number of hydrogen-bond donors (Lipinski definition) is 3. The van der Waals surface area contributed by atoms with Crippen LogP contribution in [0.15, 0.2) is 24.3 Å². The van der Waals surface area contributed by atoms with E-state index in [1.165, 1.54) is 11.1 Å². The van der Waals surface area contributed by atoms with E-state index >= 15 is 0 Å². The molecule has 0 bridgehead atoms. The first-order valence-electron chi connectivity index (χ1n) is 14.2. The van der Waals surface area contributed by atoms with E-state index < -0.39 is 17.7 Å². The van der Waals surface area contributed by atoms with Crippen molar-refractivity contribution in [3.8, 4) is 0 Å². The average Bonchev–Trinajstić information content (AvgIpc) is 2.89. The third-order valence-electron chi connectivity index (χ3n) is 8.59. The van der Waals surface area contributed by atoms with Crippen LogP contribution in [0.1, 0.15) is 70.4 Å². The number of aliphatic hydroxyl groups is 2. The lowest BCUT2D eigenvalue weighted by Crippen LogP contribution is -2.74. The van der Waals surface area contributed by atoms with E-state index in [0.717, 1.165) is 65.0 Å². The van der Waals surface area contributed by atoms with Crippen LogP contribution in [0.25, 0.3) is 0 Å². The Labute approximate surface area is 222 Å². The molecule has 0 aromatic heterocycles. The van der Waals surface area contributed by atoms with Gasteiger partial charge in [0.05, 0.1) is 12.2 Å². The Morgan fingerprint density at radius 2 is 1.51 bits per heavy atom. The van der Waals surface area contributed by atoms with Gasteiger partial charge >= 0.3 is 0 Å². The Kier molecular flexibility index (Phi) is 9.27. The summed E-state index contributed by atoms with van der Waals surface area (Å²) >= 11 is 0. The quantitative estimate of drug-likeness (QED) is 0.467. The molecule has 0 radical (unpaired) electrons. The predicted molar refractivity (Wildman–Crippen MR) is 144 cm³/mol. The van der Waals surface area contributed by atoms with Crippen molar-refractivity contribution in [2.75, 3.05) is 32.7 Å². The number of amides is 2. The zero-order valence-electron chi connectivity index (χ0n) is 22.9. The number of unbranched alkanes of at least 4 members (excludes halogenated alkanes) is 1. The molecule has 3 N–H and O–H groups in total. The summed E-state index contributed by atoms with van der Waals surface area (Å²) in [5.74, 6) is -0.360. The van der Waals surface area contributed by atoms with Crippen LogP contribution in [0.4, 0.5) is 0 Å². The second kappa shape index (κ2) is 12.2. The average molecular weight is 515 g/mol. The van der Waals surface area contributed by atoms with Crippen molar-refractivity contribution in [1.82, 2.24) is 20.0 Å². The molecule has 2 atom stereocenters. The molecule has 37 heavy (non-hydrogen) atoms. The molecule has 3 saturated heterocycles. The number of hydrogen-bond acceptors (Lipinski definition) is 6. The number of piperazine rings is 1. The zero-order valence-corrected chi connectivity index (χ0v) is 22.9. The maximum absolute atomic E-state index is 13.5. The van der Waals surface area contributed by atoms with Crippen molar-refractivity contribution >= 4 is 11.8 Å². The standard InChI is InChI=1S/C29H46N4O4/c1-4-5-14-33-27(36)25(26(35)21(2)3)30-28(37)29(33)12-17-32(18-13-29)20-23-8-6-22(7-9-23)19-31-15-10-24(34)11-16-31/h6-9,21,24-26,34-35H,4-5,10-20H2,1-3H3,(H,30,37). The Hall–Kier alpha value is -2.00. The summed E-state index contributed by atoms with van der Waals surface area (Å²) in [6.45, 7) is 11.5. The van der Waals surface area contributed by atoms with Crippen molar-refractivity contribution in [1.29, 1.82) is 0 Å². The molecule has 1 spiro atoms. The van der Waals surface area contributed by atoms with E-state index in [1.54, 1.807) is 4.90 Å². The molecule has 206 valence electrons. The molecule has 0 saturated carbocycles. The molecule has 2 unspecified atom stereocenters. The first-order valence-corrected chi connectivity index (χ1v) is 14.2. The van der Waals surface area contributed by atoms with E-state index in [9.17, 15) is 19.8 Å². The Balaban J connectivity index is 1.36. The number of rotatable bonds is 9. The number of nitrogens with one attached hydrogen (secondary N) is 1. The topological polar surface area (TPSA) is 96.4 Å².